The summed E-state index contributed by atoms with van der Waals surface area (Å²) in [5.74, 6) is -69.8. The molecule has 2 aliphatic heterocycles. The van der Waals surface area contributed by atoms with E-state index >= 15 is 43.9 Å². The molecule has 2 N–H and O–H groups in total. The van der Waals surface area contributed by atoms with Gasteiger partial charge in [0.05, 0.1) is 44.9 Å². The molecule has 0 fully saturated rings. The molecule has 7 rings (SSSR count). The molecule has 2 aromatic carbocycles. The lowest BCUT2D eigenvalue weighted by atomic mass is 9.90. The molecule has 5 aromatic rings. The number of aromatic amines is 2. The second-order valence-electron chi connectivity index (χ2n) is 15.5. The Bertz CT molecular complexity index is 3160. The highest BCUT2D eigenvalue weighted by atomic mass is 19.4. The molecule has 72 heavy (non-hydrogen) atoms. The van der Waals surface area contributed by atoms with Gasteiger partial charge in [-0.2, -0.15) is 96.6 Å². The Morgan fingerprint density at radius 3 is 1.18 bits per heavy atom. The normalized spacial score (nSPS) is 15.1. The van der Waals surface area contributed by atoms with Crippen LogP contribution in [0.5, 0.6) is 0 Å². The zero-order valence-corrected chi connectivity index (χ0v) is 34.4. The van der Waals surface area contributed by atoms with Gasteiger partial charge in [-0.1, -0.05) is 60.7 Å². The largest absolute Gasteiger partial charge is 0.460 e. The number of fused-ring (bicyclic) bond motifs is 8. The first-order valence-corrected chi connectivity index (χ1v) is 19.4. The summed E-state index contributed by atoms with van der Waals surface area (Å²) in [6, 6.07) is 14.2. The second kappa shape index (κ2) is 16.8. The van der Waals surface area contributed by atoms with Crippen LogP contribution < -0.4 is 0 Å². The highest BCUT2D eigenvalue weighted by molar-refractivity contribution is 5.96. The van der Waals surface area contributed by atoms with Gasteiger partial charge in [-0.25, -0.2) is 18.7 Å². The Hall–Kier alpha value is -6.90. The molecule has 0 saturated carbocycles. The van der Waals surface area contributed by atoms with Crippen LogP contribution in [0.25, 0.3) is 74.5 Å². The Labute approximate surface area is 384 Å². The van der Waals surface area contributed by atoms with Crippen molar-refractivity contribution in [3.05, 3.63) is 125 Å². The Kier molecular flexibility index (Phi) is 12.4. The molecule has 28 heteroatoms. The van der Waals surface area contributed by atoms with Gasteiger partial charge in [0.15, 0.2) is 5.83 Å². The lowest BCUT2D eigenvalue weighted by Crippen LogP contribution is -2.69. The van der Waals surface area contributed by atoms with E-state index in [1.165, 1.54) is 36.4 Å². The number of H-pyrrole nitrogens is 2. The van der Waals surface area contributed by atoms with Crippen LogP contribution in [0.15, 0.2) is 90.8 Å². The predicted octanol–water partition coefficient (Wildman–Crippen LogP) is 16.3. The number of nitrogens with one attached hydrogen (secondary N) is 2. The summed E-state index contributed by atoms with van der Waals surface area (Å²) in [6.45, 7) is 0. The summed E-state index contributed by atoms with van der Waals surface area (Å²) in [4.78, 5) is 11.9. The molecule has 3 aromatic heterocycles. The maximum absolute atomic E-state index is 16.6. The van der Waals surface area contributed by atoms with Crippen LogP contribution in [0, 0.1) is 0 Å². The second-order valence-corrected chi connectivity index (χ2v) is 15.5. The van der Waals surface area contributed by atoms with Crippen molar-refractivity contribution in [3.63, 3.8) is 0 Å². The summed E-state index contributed by atoms with van der Waals surface area (Å²) in [5.41, 5.74) is -14.2. The molecule has 0 saturated heterocycles. The summed E-state index contributed by atoms with van der Waals surface area (Å²) in [7, 11) is 0. The standard InChI is InChI=1S/C44H20F24N4/c45-33(34(46)36(49,50)38(53,54)41(59,60)43(63,64)65)31-25-13-11-21(69-25)29(19-7-3-1-4-8-19)23-15-17-27(71-23)32(35(47,48)37(51,52)39(55,56)40(57,58)42(61,62)44(66,67)68)28-18-16-24(72-28)30(20-9-5-2-6-10-20)22-12-14-26(31)70-22/h1-18,69,72H/b29-21?,29-23?,30-22?,30-24?,31-25?,31-26?,32-27?,32-28?,34-33+. The van der Waals surface area contributed by atoms with Crippen LogP contribution >= 0.6 is 0 Å². The van der Waals surface area contributed by atoms with Gasteiger partial charge in [0.2, 0.25) is 5.83 Å². The Morgan fingerprint density at radius 1 is 0.361 bits per heavy atom. The van der Waals surface area contributed by atoms with Gasteiger partial charge < -0.3 is 9.97 Å². The van der Waals surface area contributed by atoms with E-state index in [1.54, 1.807) is 0 Å². The lowest BCUT2D eigenvalue weighted by molar-refractivity contribution is -0.441. The van der Waals surface area contributed by atoms with E-state index in [0.29, 0.717) is 36.4 Å². The fraction of sp³-hybridized carbons (Fsp3) is 0.227. The molecule has 0 aliphatic carbocycles. The first-order valence-electron chi connectivity index (χ1n) is 19.4. The van der Waals surface area contributed by atoms with Crippen LogP contribution in [0.4, 0.5) is 105 Å². The van der Waals surface area contributed by atoms with Crippen molar-refractivity contribution in [3.8, 4) is 22.3 Å². The summed E-state index contributed by atoms with van der Waals surface area (Å²) in [5, 5.41) is 0. The number of allylic oxidation sites excluding steroid dienone is 1. The van der Waals surface area contributed by atoms with Crippen LogP contribution in [0.3, 0.4) is 0 Å². The van der Waals surface area contributed by atoms with E-state index in [2.05, 4.69) is 15.0 Å². The monoisotopic (exact) mass is 1060 g/mol. The van der Waals surface area contributed by atoms with Gasteiger partial charge >= 0.3 is 59.7 Å². The molecule has 0 atom stereocenters. The van der Waals surface area contributed by atoms with E-state index in [0.717, 1.165) is 36.4 Å². The van der Waals surface area contributed by atoms with E-state index < -0.39 is 138 Å². The van der Waals surface area contributed by atoms with E-state index in [1.807, 2.05) is 4.98 Å². The number of hydrogen-bond donors (Lipinski definition) is 2. The number of alkyl halides is 22. The van der Waals surface area contributed by atoms with Gasteiger partial charge in [0.1, 0.15) is 0 Å². The van der Waals surface area contributed by atoms with Gasteiger partial charge in [-0.15, -0.1) is 0 Å². The minimum absolute atomic E-state index is 0.210. The van der Waals surface area contributed by atoms with Crippen LogP contribution in [-0.2, 0) is 5.92 Å². The van der Waals surface area contributed by atoms with Crippen molar-refractivity contribution >= 4 is 52.2 Å². The summed E-state index contributed by atoms with van der Waals surface area (Å²) < 4.78 is 349. The topological polar surface area (TPSA) is 57.4 Å². The minimum atomic E-state index is -8.32. The molecule has 4 nitrogen and oxygen atoms in total. The first-order chi connectivity index (χ1) is 32.9. The number of rotatable bonds is 11. The molecule has 8 bridgehead atoms. The predicted molar refractivity (Wildman–Crippen MR) is 209 cm³/mol. The maximum atomic E-state index is 16.6. The van der Waals surface area contributed by atoms with Crippen molar-refractivity contribution in [1.82, 2.24) is 19.9 Å². The zero-order valence-electron chi connectivity index (χ0n) is 34.4. The third-order valence-electron chi connectivity index (χ3n) is 11.0. The fourth-order valence-electron chi connectivity index (χ4n) is 7.27. The third kappa shape index (κ3) is 7.76. The van der Waals surface area contributed by atoms with E-state index in [4.69, 9.17) is 0 Å². The van der Waals surface area contributed by atoms with Crippen molar-refractivity contribution in [2.45, 2.75) is 59.7 Å². The number of hydrogen-bond acceptors (Lipinski definition) is 2. The molecular formula is C44H20F24N4. The average Bonchev–Trinajstić information content (AvgIpc) is 4.14. The molecular weight excluding hydrogens is 1040 g/mol. The fourth-order valence-corrected chi connectivity index (χ4v) is 7.27. The Morgan fingerprint density at radius 2 is 0.722 bits per heavy atom. The molecule has 0 amide bonds. The molecule has 0 unspecified atom stereocenters. The number of benzene rings is 2. The third-order valence-corrected chi connectivity index (χ3v) is 11.0. The number of halogens is 24. The average molecular weight is 1060 g/mol. The quantitative estimate of drug-likeness (QED) is 0.127. The van der Waals surface area contributed by atoms with Crippen molar-refractivity contribution in [1.29, 1.82) is 0 Å². The van der Waals surface area contributed by atoms with Crippen LogP contribution in [0.1, 0.15) is 33.9 Å². The van der Waals surface area contributed by atoms with Gasteiger partial charge in [-0.05, 0) is 59.7 Å². The van der Waals surface area contributed by atoms with Crippen LogP contribution in [0.2, 0.25) is 0 Å². The number of aromatic nitrogens is 4. The van der Waals surface area contributed by atoms with Crippen LogP contribution in [-0.4, -0.2) is 73.7 Å². The first kappa shape index (κ1) is 52.9. The Balaban J connectivity index is 1.67. The van der Waals surface area contributed by atoms with E-state index in [-0.39, 0.29) is 11.1 Å². The molecule has 384 valence electrons. The molecule has 5 heterocycles. The summed E-state index contributed by atoms with van der Waals surface area (Å²) >= 11 is 0. The van der Waals surface area contributed by atoms with Gasteiger partial charge in [0.25, 0.3) is 0 Å². The van der Waals surface area contributed by atoms with Gasteiger partial charge in [0, 0.05) is 22.2 Å². The minimum Gasteiger partial charge on any atom is -0.354 e. The maximum Gasteiger partial charge on any atom is 0.460 e. The lowest BCUT2D eigenvalue weighted by Gasteiger charge is -2.39. The van der Waals surface area contributed by atoms with Crippen molar-refractivity contribution < 1.29 is 105 Å². The van der Waals surface area contributed by atoms with E-state index in [9.17, 15) is 61.5 Å². The molecule has 2 aliphatic rings. The van der Waals surface area contributed by atoms with Crippen molar-refractivity contribution in [2.75, 3.05) is 0 Å². The number of nitrogens with zero attached hydrogens (tertiary/aromatic N) is 2. The zero-order chi connectivity index (χ0) is 53.8. The molecule has 0 spiro atoms. The summed E-state index contributed by atoms with van der Waals surface area (Å²) in [6.07, 6.45) is -13.1. The highest BCUT2D eigenvalue weighted by Crippen LogP contribution is 2.63. The van der Waals surface area contributed by atoms with Crippen molar-refractivity contribution in [2.24, 2.45) is 0 Å². The highest BCUT2D eigenvalue weighted by Gasteiger charge is 2.91. The SMILES string of the molecule is F/C(=C(/F)C(F)(F)C(F)(F)C(F)(F)C(F)(F)F)c1c2nc(c(-c3ccccc3)c3ccc([nH]3)c(C(F)(F)C(F)(F)C(F)(F)C(F)(F)C(F)(F)C(F)(F)F)c3nc(c(-c4ccccc4)c4ccc1[nH]4)C=C3)C=C2. The van der Waals surface area contributed by atoms with Gasteiger partial charge in [-0.3, -0.25) is 0 Å². The smallest absolute Gasteiger partial charge is 0.354 e. The molecule has 0 radical (unpaired) electrons.